The zero-order valence-corrected chi connectivity index (χ0v) is 16.2. The van der Waals surface area contributed by atoms with Crippen molar-refractivity contribution >= 4 is 23.2 Å². The van der Waals surface area contributed by atoms with Crippen molar-refractivity contribution in [2.75, 3.05) is 31.3 Å². The Labute approximate surface area is 163 Å². The number of halogens is 1. The SMILES string of the molecule is Cc1ccc(C)c2c1N(CCOc1ccccc1Cl)C(=O)C21OCCCO1. The van der Waals surface area contributed by atoms with Crippen molar-refractivity contribution < 1.29 is 19.0 Å². The first-order valence-corrected chi connectivity index (χ1v) is 9.50. The number of hydrogen-bond donors (Lipinski definition) is 0. The van der Waals surface area contributed by atoms with E-state index < -0.39 is 5.79 Å². The van der Waals surface area contributed by atoms with Gasteiger partial charge in [-0.1, -0.05) is 35.9 Å². The Morgan fingerprint density at radius 2 is 1.81 bits per heavy atom. The maximum Gasteiger partial charge on any atom is 0.292 e. The minimum absolute atomic E-state index is 0.183. The van der Waals surface area contributed by atoms with Gasteiger partial charge in [-0.2, -0.15) is 0 Å². The molecule has 4 rings (SSSR count). The molecule has 1 saturated heterocycles. The molecule has 142 valence electrons. The van der Waals surface area contributed by atoms with Crippen molar-refractivity contribution in [3.63, 3.8) is 0 Å². The molecule has 5 nitrogen and oxygen atoms in total. The van der Waals surface area contributed by atoms with Crippen LogP contribution in [0.4, 0.5) is 5.69 Å². The second-order valence-corrected chi connectivity index (χ2v) is 7.23. The van der Waals surface area contributed by atoms with E-state index in [0.717, 1.165) is 28.8 Å². The normalized spacial score (nSPS) is 18.0. The number of carbonyl (C=O) groups excluding carboxylic acids is 1. The van der Waals surface area contributed by atoms with Gasteiger partial charge in [0.15, 0.2) is 0 Å². The number of ether oxygens (including phenoxy) is 3. The van der Waals surface area contributed by atoms with E-state index in [0.29, 0.717) is 37.1 Å². The Morgan fingerprint density at radius 3 is 2.56 bits per heavy atom. The van der Waals surface area contributed by atoms with Gasteiger partial charge in [-0.25, -0.2) is 0 Å². The van der Waals surface area contributed by atoms with Crippen LogP contribution in [0.25, 0.3) is 0 Å². The number of benzene rings is 2. The molecule has 0 saturated carbocycles. The minimum atomic E-state index is -1.33. The van der Waals surface area contributed by atoms with Gasteiger partial charge in [0.25, 0.3) is 11.7 Å². The molecular formula is C21H22ClNO4. The zero-order chi connectivity index (χ0) is 19.0. The fourth-order valence-electron chi connectivity index (χ4n) is 3.77. The summed E-state index contributed by atoms with van der Waals surface area (Å²) in [5, 5.41) is 0.549. The van der Waals surface area contributed by atoms with Gasteiger partial charge >= 0.3 is 0 Å². The van der Waals surface area contributed by atoms with Crippen molar-refractivity contribution in [3.05, 3.63) is 58.1 Å². The molecular weight excluding hydrogens is 366 g/mol. The van der Waals surface area contributed by atoms with Crippen molar-refractivity contribution in [2.45, 2.75) is 26.1 Å². The average molecular weight is 388 g/mol. The molecule has 0 bridgehead atoms. The predicted molar refractivity (Wildman–Crippen MR) is 103 cm³/mol. The third-order valence-electron chi connectivity index (χ3n) is 5.02. The van der Waals surface area contributed by atoms with Gasteiger partial charge in [0.1, 0.15) is 12.4 Å². The highest BCUT2D eigenvalue weighted by molar-refractivity contribution is 6.32. The van der Waals surface area contributed by atoms with Crippen LogP contribution >= 0.6 is 11.6 Å². The van der Waals surface area contributed by atoms with Crippen LogP contribution in [0, 0.1) is 13.8 Å². The highest BCUT2D eigenvalue weighted by Crippen LogP contribution is 2.48. The third kappa shape index (κ3) is 3.00. The molecule has 27 heavy (non-hydrogen) atoms. The smallest absolute Gasteiger partial charge is 0.292 e. The number of aryl methyl sites for hydroxylation is 2. The number of nitrogens with zero attached hydrogens (tertiary/aromatic N) is 1. The first-order valence-electron chi connectivity index (χ1n) is 9.12. The fraction of sp³-hybridized carbons (Fsp3) is 0.381. The lowest BCUT2D eigenvalue weighted by Crippen LogP contribution is -2.48. The number of carbonyl (C=O) groups is 1. The number of fused-ring (bicyclic) bond motifs is 2. The Morgan fingerprint density at radius 1 is 1.11 bits per heavy atom. The Kier molecular flexibility index (Phi) is 4.84. The van der Waals surface area contributed by atoms with E-state index in [1.807, 2.05) is 44.2 Å². The molecule has 2 aromatic rings. The number of rotatable bonds is 4. The summed E-state index contributed by atoms with van der Waals surface area (Å²) >= 11 is 6.15. The van der Waals surface area contributed by atoms with Crippen LogP contribution in [0.1, 0.15) is 23.1 Å². The number of para-hydroxylation sites is 1. The van der Waals surface area contributed by atoms with E-state index in [1.165, 1.54) is 0 Å². The van der Waals surface area contributed by atoms with Gasteiger partial charge in [0.2, 0.25) is 0 Å². The first-order chi connectivity index (χ1) is 13.0. The molecule has 1 amide bonds. The Hall–Kier alpha value is -2.08. The number of anilines is 1. The molecule has 2 aliphatic heterocycles. The molecule has 2 aromatic carbocycles. The Balaban J connectivity index is 1.63. The lowest BCUT2D eigenvalue weighted by Gasteiger charge is -2.33. The summed E-state index contributed by atoms with van der Waals surface area (Å²) in [4.78, 5) is 15.1. The molecule has 2 aliphatic rings. The predicted octanol–water partition coefficient (Wildman–Crippen LogP) is 3.97. The Bertz CT molecular complexity index is 876. The molecule has 1 spiro atoms. The van der Waals surface area contributed by atoms with E-state index in [-0.39, 0.29) is 5.91 Å². The number of hydrogen-bond acceptors (Lipinski definition) is 4. The van der Waals surface area contributed by atoms with E-state index in [2.05, 4.69) is 0 Å². The topological polar surface area (TPSA) is 48.0 Å². The second-order valence-electron chi connectivity index (χ2n) is 6.83. The van der Waals surface area contributed by atoms with E-state index in [4.69, 9.17) is 25.8 Å². The van der Waals surface area contributed by atoms with Crippen LogP contribution in [0.3, 0.4) is 0 Å². The maximum atomic E-state index is 13.3. The summed E-state index contributed by atoms with van der Waals surface area (Å²) in [5.74, 6) is -0.905. The molecule has 2 heterocycles. The standard InChI is InChI=1S/C21H22ClNO4/c1-14-8-9-15(2)19-18(14)21(26-11-5-12-27-21)20(24)23(19)10-13-25-17-7-4-3-6-16(17)22/h3-4,6-9H,5,10-13H2,1-2H3. The molecule has 0 unspecified atom stereocenters. The van der Waals surface area contributed by atoms with E-state index >= 15 is 0 Å². The van der Waals surface area contributed by atoms with Crippen molar-refractivity contribution in [3.8, 4) is 5.75 Å². The van der Waals surface area contributed by atoms with Crippen LogP contribution in [-0.4, -0.2) is 32.3 Å². The summed E-state index contributed by atoms with van der Waals surface area (Å²) in [6, 6.07) is 11.3. The van der Waals surface area contributed by atoms with Gasteiger partial charge in [-0.05, 0) is 43.5 Å². The van der Waals surface area contributed by atoms with Crippen LogP contribution in [0.2, 0.25) is 5.02 Å². The largest absolute Gasteiger partial charge is 0.490 e. The average Bonchev–Trinajstić information content (AvgIpc) is 2.91. The highest BCUT2D eigenvalue weighted by Gasteiger charge is 2.56. The first kappa shape index (κ1) is 18.3. The van der Waals surface area contributed by atoms with Gasteiger partial charge in [-0.3, -0.25) is 4.79 Å². The summed E-state index contributed by atoms with van der Waals surface area (Å²) in [6.07, 6.45) is 0.783. The van der Waals surface area contributed by atoms with Crippen LogP contribution < -0.4 is 9.64 Å². The molecule has 0 N–H and O–H groups in total. The minimum Gasteiger partial charge on any atom is -0.490 e. The lowest BCUT2D eigenvalue weighted by atomic mass is 9.97. The molecule has 0 aromatic heterocycles. The number of amides is 1. The summed E-state index contributed by atoms with van der Waals surface area (Å²) < 4.78 is 17.7. The van der Waals surface area contributed by atoms with Crippen molar-refractivity contribution in [2.24, 2.45) is 0 Å². The second kappa shape index (κ2) is 7.15. The van der Waals surface area contributed by atoms with Gasteiger partial charge < -0.3 is 19.1 Å². The monoisotopic (exact) mass is 387 g/mol. The van der Waals surface area contributed by atoms with E-state index in [9.17, 15) is 4.79 Å². The van der Waals surface area contributed by atoms with Crippen molar-refractivity contribution in [1.29, 1.82) is 0 Å². The summed E-state index contributed by atoms with van der Waals surface area (Å²) in [5.41, 5.74) is 3.69. The molecule has 0 atom stereocenters. The third-order valence-corrected chi connectivity index (χ3v) is 5.33. The highest BCUT2D eigenvalue weighted by atomic mass is 35.5. The fourth-order valence-corrected chi connectivity index (χ4v) is 3.96. The summed E-state index contributed by atoms with van der Waals surface area (Å²) in [6.45, 7) is 5.69. The van der Waals surface area contributed by atoms with Crippen molar-refractivity contribution in [1.82, 2.24) is 0 Å². The van der Waals surface area contributed by atoms with Gasteiger partial charge in [0.05, 0.1) is 30.5 Å². The zero-order valence-electron chi connectivity index (χ0n) is 15.5. The molecule has 1 fully saturated rings. The molecule has 0 radical (unpaired) electrons. The lowest BCUT2D eigenvalue weighted by molar-refractivity contribution is -0.257. The molecule has 0 aliphatic carbocycles. The van der Waals surface area contributed by atoms with Crippen LogP contribution in [0.15, 0.2) is 36.4 Å². The molecule has 6 heteroatoms. The summed E-state index contributed by atoms with van der Waals surface area (Å²) in [7, 11) is 0. The maximum absolute atomic E-state index is 13.3. The van der Waals surface area contributed by atoms with Gasteiger partial charge in [-0.15, -0.1) is 0 Å². The van der Waals surface area contributed by atoms with Crippen LogP contribution in [0.5, 0.6) is 5.75 Å². The van der Waals surface area contributed by atoms with E-state index in [1.54, 1.807) is 11.0 Å². The van der Waals surface area contributed by atoms with Crippen LogP contribution in [-0.2, 0) is 20.1 Å². The quantitative estimate of drug-likeness (QED) is 0.796. The van der Waals surface area contributed by atoms with Gasteiger partial charge in [0, 0.05) is 5.56 Å².